The van der Waals surface area contributed by atoms with Gasteiger partial charge in [0.05, 0.1) is 12.2 Å². The second-order valence-corrected chi connectivity index (χ2v) is 8.29. The van der Waals surface area contributed by atoms with E-state index in [0.29, 0.717) is 28.0 Å². The number of hydrogen-bond donors (Lipinski definition) is 5. The van der Waals surface area contributed by atoms with E-state index in [2.05, 4.69) is 4.98 Å². The van der Waals surface area contributed by atoms with E-state index in [9.17, 15) is 19.8 Å². The van der Waals surface area contributed by atoms with Gasteiger partial charge < -0.3 is 30.8 Å². The number of aromatic nitrogens is 1. The van der Waals surface area contributed by atoms with E-state index in [4.69, 9.17) is 15.6 Å². The largest absolute Gasteiger partial charge is 0.491 e. The average molecular weight is 424 g/mol. The Labute approximate surface area is 178 Å². The second kappa shape index (κ2) is 7.49. The summed E-state index contributed by atoms with van der Waals surface area (Å²) in [6.45, 7) is 3.19. The van der Waals surface area contributed by atoms with E-state index in [-0.39, 0.29) is 12.4 Å². The maximum atomic E-state index is 13.3. The summed E-state index contributed by atoms with van der Waals surface area (Å²) < 4.78 is 5.58. The van der Waals surface area contributed by atoms with Crippen molar-refractivity contribution in [3.05, 3.63) is 64.3 Å². The number of ether oxygens (including phenoxy) is 1. The van der Waals surface area contributed by atoms with Crippen LogP contribution in [0.25, 0.3) is 10.9 Å². The van der Waals surface area contributed by atoms with Crippen LogP contribution in [0.5, 0.6) is 5.75 Å². The third kappa shape index (κ3) is 3.38. The van der Waals surface area contributed by atoms with Gasteiger partial charge in [-0.1, -0.05) is 19.9 Å². The van der Waals surface area contributed by atoms with Crippen molar-refractivity contribution in [3.8, 4) is 5.75 Å². The average Bonchev–Trinajstić information content (AvgIpc) is 3.15. The Morgan fingerprint density at radius 2 is 1.90 bits per heavy atom. The standard InChI is InChI=1S/C23H24N2O6/c1-23(2)15-8-12(31-10-18(28)17(27)9-26)4-6-13(15)20(29)19-14-5-3-11(22(24)30)7-16(14)25-21(19)23/h3-8,17-18,25-28H,9-10H2,1-2H3,(H2,24,30)/t17-,18-/m1/s1. The van der Waals surface area contributed by atoms with Gasteiger partial charge in [-0.25, -0.2) is 0 Å². The fourth-order valence-electron chi connectivity index (χ4n) is 4.07. The third-order valence-corrected chi connectivity index (χ3v) is 5.90. The summed E-state index contributed by atoms with van der Waals surface area (Å²) in [7, 11) is 0. The van der Waals surface area contributed by atoms with E-state index in [1.807, 2.05) is 13.8 Å². The smallest absolute Gasteiger partial charge is 0.248 e. The fourth-order valence-corrected chi connectivity index (χ4v) is 4.07. The van der Waals surface area contributed by atoms with Gasteiger partial charge in [0.15, 0.2) is 5.78 Å². The molecule has 0 unspecified atom stereocenters. The Bertz CT molecular complexity index is 1200. The molecule has 2 aromatic carbocycles. The lowest BCUT2D eigenvalue weighted by Gasteiger charge is -2.32. The number of carbonyl (C=O) groups excluding carboxylic acids is 2. The van der Waals surface area contributed by atoms with Gasteiger partial charge in [0.25, 0.3) is 0 Å². The van der Waals surface area contributed by atoms with Gasteiger partial charge in [-0.2, -0.15) is 0 Å². The number of aromatic amines is 1. The molecule has 4 rings (SSSR count). The first-order chi connectivity index (χ1) is 14.6. The number of aliphatic hydroxyl groups is 3. The van der Waals surface area contributed by atoms with E-state index < -0.39 is 30.1 Å². The van der Waals surface area contributed by atoms with Crippen LogP contribution in [0.1, 0.15) is 51.4 Å². The molecule has 0 saturated heterocycles. The lowest BCUT2D eigenvalue weighted by molar-refractivity contribution is -0.0339. The molecule has 0 bridgehead atoms. The van der Waals surface area contributed by atoms with Crippen LogP contribution in [0, 0.1) is 0 Å². The van der Waals surface area contributed by atoms with Gasteiger partial charge in [0, 0.05) is 33.1 Å². The zero-order chi connectivity index (χ0) is 22.5. The molecule has 0 fully saturated rings. The summed E-state index contributed by atoms with van der Waals surface area (Å²) >= 11 is 0. The maximum absolute atomic E-state index is 13.3. The molecule has 1 heterocycles. The highest BCUT2D eigenvalue weighted by molar-refractivity contribution is 6.20. The summed E-state index contributed by atoms with van der Waals surface area (Å²) in [4.78, 5) is 28.2. The second-order valence-electron chi connectivity index (χ2n) is 8.29. The van der Waals surface area contributed by atoms with E-state index in [0.717, 1.165) is 16.6 Å². The molecule has 2 atom stereocenters. The molecular formula is C23H24N2O6. The predicted octanol–water partition coefficient (Wildman–Crippen LogP) is 1.23. The van der Waals surface area contributed by atoms with Crippen LogP contribution in [-0.2, 0) is 5.41 Å². The topological polar surface area (TPSA) is 146 Å². The zero-order valence-electron chi connectivity index (χ0n) is 17.2. The van der Waals surface area contributed by atoms with Gasteiger partial charge in [-0.05, 0) is 35.9 Å². The molecule has 31 heavy (non-hydrogen) atoms. The maximum Gasteiger partial charge on any atom is 0.248 e. The van der Waals surface area contributed by atoms with Crippen molar-refractivity contribution < 1.29 is 29.6 Å². The van der Waals surface area contributed by atoms with Gasteiger partial charge in [-0.3, -0.25) is 9.59 Å². The summed E-state index contributed by atoms with van der Waals surface area (Å²) in [6, 6.07) is 10.0. The van der Waals surface area contributed by atoms with Crippen molar-refractivity contribution in [2.24, 2.45) is 5.73 Å². The van der Waals surface area contributed by atoms with Crippen LogP contribution in [0.15, 0.2) is 36.4 Å². The van der Waals surface area contributed by atoms with Crippen molar-refractivity contribution in [2.75, 3.05) is 13.2 Å². The Morgan fingerprint density at radius 3 is 2.58 bits per heavy atom. The molecule has 1 aromatic heterocycles. The molecule has 162 valence electrons. The van der Waals surface area contributed by atoms with Crippen molar-refractivity contribution >= 4 is 22.6 Å². The number of nitrogens with one attached hydrogen (secondary N) is 1. The van der Waals surface area contributed by atoms with Gasteiger partial charge >= 0.3 is 0 Å². The molecule has 8 nitrogen and oxygen atoms in total. The van der Waals surface area contributed by atoms with E-state index in [1.165, 1.54) is 0 Å². The molecule has 1 aliphatic carbocycles. The normalized spacial score (nSPS) is 16.5. The number of hydrogen-bond acceptors (Lipinski definition) is 6. The van der Waals surface area contributed by atoms with Crippen molar-refractivity contribution in [3.63, 3.8) is 0 Å². The molecule has 1 amide bonds. The predicted molar refractivity (Wildman–Crippen MR) is 113 cm³/mol. The highest BCUT2D eigenvalue weighted by Crippen LogP contribution is 2.44. The number of nitrogens with two attached hydrogens (primary N) is 1. The first-order valence-corrected chi connectivity index (χ1v) is 9.90. The molecule has 8 heteroatoms. The number of rotatable bonds is 6. The minimum atomic E-state index is -1.30. The van der Waals surface area contributed by atoms with Crippen molar-refractivity contribution in [2.45, 2.75) is 31.5 Å². The Morgan fingerprint density at radius 1 is 1.16 bits per heavy atom. The van der Waals surface area contributed by atoms with E-state index in [1.54, 1.807) is 36.4 Å². The van der Waals surface area contributed by atoms with Crippen LogP contribution in [-0.4, -0.2) is 57.4 Å². The number of ketones is 1. The Hall–Kier alpha value is -3.20. The molecule has 3 aromatic rings. The highest BCUT2D eigenvalue weighted by Gasteiger charge is 2.40. The van der Waals surface area contributed by atoms with Crippen LogP contribution in [0.3, 0.4) is 0 Å². The number of primary amides is 1. The number of H-pyrrole nitrogens is 1. The quantitative estimate of drug-likeness (QED) is 0.402. The summed E-state index contributed by atoms with van der Waals surface area (Å²) in [5, 5.41) is 28.9. The van der Waals surface area contributed by atoms with Crippen molar-refractivity contribution in [1.82, 2.24) is 4.98 Å². The number of fused-ring (bicyclic) bond motifs is 4. The summed E-state index contributed by atoms with van der Waals surface area (Å²) in [5.41, 5.74) is 8.42. The third-order valence-electron chi connectivity index (χ3n) is 5.90. The van der Waals surface area contributed by atoms with Gasteiger partial charge in [0.2, 0.25) is 5.91 Å². The molecule has 0 aliphatic heterocycles. The van der Waals surface area contributed by atoms with Gasteiger partial charge in [-0.15, -0.1) is 0 Å². The first kappa shape index (κ1) is 21.0. The Balaban J connectivity index is 1.75. The molecule has 1 aliphatic rings. The summed E-state index contributed by atoms with van der Waals surface area (Å²) in [6.07, 6.45) is -2.54. The number of amides is 1. The van der Waals surface area contributed by atoms with Crippen LogP contribution < -0.4 is 10.5 Å². The number of benzene rings is 2. The minimum absolute atomic E-state index is 0.135. The van der Waals surface area contributed by atoms with Crippen LogP contribution >= 0.6 is 0 Å². The summed E-state index contributed by atoms with van der Waals surface area (Å²) in [5.74, 6) is -0.247. The van der Waals surface area contributed by atoms with Crippen molar-refractivity contribution in [1.29, 1.82) is 0 Å². The fraction of sp³-hybridized carbons (Fsp3) is 0.304. The lowest BCUT2D eigenvalue weighted by atomic mass is 9.71. The molecule has 0 radical (unpaired) electrons. The minimum Gasteiger partial charge on any atom is -0.491 e. The SMILES string of the molecule is CC1(C)c2cc(OC[C@@H](O)[C@H](O)CO)ccc2C(=O)c2c1[nH]c1cc(C(N)=O)ccc21. The zero-order valence-corrected chi connectivity index (χ0v) is 17.2. The lowest BCUT2D eigenvalue weighted by Crippen LogP contribution is -2.34. The molecular weight excluding hydrogens is 400 g/mol. The number of aliphatic hydroxyl groups excluding tert-OH is 3. The molecule has 0 spiro atoms. The van der Waals surface area contributed by atoms with Gasteiger partial charge in [0.1, 0.15) is 24.6 Å². The Kier molecular flexibility index (Phi) is 5.09. The monoisotopic (exact) mass is 424 g/mol. The number of carbonyl (C=O) groups is 2. The van der Waals surface area contributed by atoms with Crippen LogP contribution in [0.4, 0.5) is 0 Å². The highest BCUT2D eigenvalue weighted by atomic mass is 16.5. The molecule has 0 saturated carbocycles. The van der Waals surface area contributed by atoms with Crippen LogP contribution in [0.2, 0.25) is 0 Å². The molecule has 6 N–H and O–H groups in total. The first-order valence-electron chi connectivity index (χ1n) is 9.90. The van der Waals surface area contributed by atoms with E-state index >= 15 is 0 Å².